The maximum absolute atomic E-state index is 13.1. The first-order chi connectivity index (χ1) is 9.73. The van der Waals surface area contributed by atoms with Gasteiger partial charge in [0.05, 0.1) is 5.56 Å². The molecule has 0 aliphatic carbocycles. The van der Waals surface area contributed by atoms with Crippen molar-refractivity contribution in [3.63, 3.8) is 0 Å². The molecule has 0 aromatic heterocycles. The second-order valence-electron chi connectivity index (χ2n) is 6.55. The Morgan fingerprint density at radius 3 is 2.52 bits per heavy atom. The lowest BCUT2D eigenvalue weighted by Gasteiger charge is -2.26. The third-order valence-corrected chi connectivity index (χ3v) is 4.32. The molecule has 0 amide bonds. The van der Waals surface area contributed by atoms with Gasteiger partial charge in [0.1, 0.15) is 0 Å². The minimum atomic E-state index is -4.35. The van der Waals surface area contributed by atoms with Crippen molar-refractivity contribution in [2.45, 2.75) is 45.8 Å². The first-order valence-electron chi connectivity index (χ1n) is 7.38. The third-order valence-electron chi connectivity index (χ3n) is 4.32. The molecule has 1 aromatic carbocycles. The molecule has 2 rings (SSSR count). The quantitative estimate of drug-likeness (QED) is 0.887. The van der Waals surface area contributed by atoms with Crippen LogP contribution in [-0.2, 0) is 12.7 Å². The fraction of sp³-hybridized carbons (Fsp3) is 0.625. The van der Waals surface area contributed by atoms with Crippen molar-refractivity contribution < 1.29 is 13.2 Å². The van der Waals surface area contributed by atoms with Gasteiger partial charge in [0.15, 0.2) is 0 Å². The Hall–Kier alpha value is -1.23. The number of rotatable bonds is 2. The van der Waals surface area contributed by atoms with Gasteiger partial charge >= 0.3 is 6.18 Å². The Kier molecular flexibility index (Phi) is 4.51. The highest BCUT2D eigenvalue weighted by Crippen LogP contribution is 2.36. The van der Waals surface area contributed by atoms with E-state index in [0.717, 1.165) is 32.4 Å². The SMILES string of the molecule is CC1(C)CCCN(c2ccc(CN)c(C(F)(F)F)c2)CC1. The molecule has 2 N–H and O–H groups in total. The van der Waals surface area contributed by atoms with Gasteiger partial charge in [0.25, 0.3) is 0 Å². The fourth-order valence-corrected chi connectivity index (χ4v) is 2.88. The van der Waals surface area contributed by atoms with E-state index in [1.54, 1.807) is 6.07 Å². The molecule has 2 nitrogen and oxygen atoms in total. The van der Waals surface area contributed by atoms with Crippen LogP contribution < -0.4 is 10.6 Å². The van der Waals surface area contributed by atoms with Gasteiger partial charge in [0, 0.05) is 25.3 Å². The van der Waals surface area contributed by atoms with Crippen LogP contribution in [0.3, 0.4) is 0 Å². The number of hydrogen-bond donors (Lipinski definition) is 1. The van der Waals surface area contributed by atoms with Gasteiger partial charge in [-0.25, -0.2) is 0 Å². The summed E-state index contributed by atoms with van der Waals surface area (Å²) < 4.78 is 39.3. The van der Waals surface area contributed by atoms with Crippen molar-refractivity contribution >= 4 is 5.69 Å². The predicted molar refractivity (Wildman–Crippen MR) is 79.2 cm³/mol. The van der Waals surface area contributed by atoms with Gasteiger partial charge in [-0.15, -0.1) is 0 Å². The highest BCUT2D eigenvalue weighted by atomic mass is 19.4. The van der Waals surface area contributed by atoms with E-state index in [9.17, 15) is 13.2 Å². The van der Waals surface area contributed by atoms with E-state index >= 15 is 0 Å². The molecule has 21 heavy (non-hydrogen) atoms. The molecular formula is C16H23F3N2. The Labute approximate surface area is 124 Å². The molecule has 1 aliphatic heterocycles. The van der Waals surface area contributed by atoms with Crippen LogP contribution in [0.15, 0.2) is 18.2 Å². The summed E-state index contributed by atoms with van der Waals surface area (Å²) in [5.41, 5.74) is 5.88. The van der Waals surface area contributed by atoms with Crippen LogP contribution in [0, 0.1) is 5.41 Å². The normalized spacial score (nSPS) is 19.4. The lowest BCUT2D eigenvalue weighted by Crippen LogP contribution is -2.25. The van der Waals surface area contributed by atoms with E-state index in [4.69, 9.17) is 5.73 Å². The molecule has 5 heteroatoms. The summed E-state index contributed by atoms with van der Waals surface area (Å²) >= 11 is 0. The average Bonchev–Trinajstić information content (AvgIpc) is 2.58. The van der Waals surface area contributed by atoms with E-state index in [1.807, 2.05) is 0 Å². The first-order valence-corrected chi connectivity index (χ1v) is 7.38. The number of nitrogens with zero attached hydrogens (tertiary/aromatic N) is 1. The van der Waals surface area contributed by atoms with Crippen molar-refractivity contribution in [1.82, 2.24) is 0 Å². The summed E-state index contributed by atoms with van der Waals surface area (Å²) in [6.45, 7) is 5.95. The Morgan fingerprint density at radius 2 is 1.90 bits per heavy atom. The summed E-state index contributed by atoms with van der Waals surface area (Å²) in [6, 6.07) is 4.52. The Bertz CT molecular complexity index is 495. The Balaban J connectivity index is 2.28. The number of halogens is 3. The second-order valence-corrected chi connectivity index (χ2v) is 6.55. The lowest BCUT2D eigenvalue weighted by atomic mass is 9.85. The van der Waals surface area contributed by atoms with E-state index in [-0.39, 0.29) is 17.5 Å². The van der Waals surface area contributed by atoms with Crippen LogP contribution in [0.5, 0.6) is 0 Å². The first kappa shape index (κ1) is 16.1. The lowest BCUT2D eigenvalue weighted by molar-refractivity contribution is -0.138. The van der Waals surface area contributed by atoms with Crippen LogP contribution in [0.2, 0.25) is 0 Å². The molecule has 1 aliphatic rings. The highest BCUT2D eigenvalue weighted by Gasteiger charge is 2.34. The number of anilines is 1. The van der Waals surface area contributed by atoms with Gasteiger partial charge in [-0.2, -0.15) is 13.2 Å². The van der Waals surface area contributed by atoms with Crippen LogP contribution >= 0.6 is 0 Å². The molecule has 0 saturated carbocycles. The number of hydrogen-bond acceptors (Lipinski definition) is 2. The van der Waals surface area contributed by atoms with Crippen molar-refractivity contribution in [3.05, 3.63) is 29.3 Å². The highest BCUT2D eigenvalue weighted by molar-refractivity contribution is 5.52. The summed E-state index contributed by atoms with van der Waals surface area (Å²) in [6.07, 6.45) is -1.24. The predicted octanol–water partition coefficient (Wildman–Crippen LogP) is 4.18. The minimum absolute atomic E-state index is 0.0951. The van der Waals surface area contributed by atoms with Crippen LogP contribution in [0.25, 0.3) is 0 Å². The second kappa shape index (κ2) is 5.87. The van der Waals surface area contributed by atoms with E-state index in [1.165, 1.54) is 12.1 Å². The van der Waals surface area contributed by atoms with Gasteiger partial charge < -0.3 is 10.6 Å². The zero-order valence-corrected chi connectivity index (χ0v) is 12.6. The number of nitrogens with two attached hydrogens (primary N) is 1. The third kappa shape index (κ3) is 3.90. The zero-order chi connectivity index (χ0) is 15.7. The van der Waals surface area contributed by atoms with Gasteiger partial charge in [-0.05, 0) is 42.4 Å². The average molecular weight is 300 g/mol. The molecule has 0 unspecified atom stereocenters. The Morgan fingerprint density at radius 1 is 1.19 bits per heavy atom. The fourth-order valence-electron chi connectivity index (χ4n) is 2.88. The van der Waals surface area contributed by atoms with Gasteiger partial charge in [-0.1, -0.05) is 19.9 Å². The molecule has 1 fully saturated rings. The molecule has 118 valence electrons. The van der Waals surface area contributed by atoms with E-state index in [0.29, 0.717) is 5.69 Å². The molecule has 0 atom stereocenters. The molecule has 0 spiro atoms. The monoisotopic (exact) mass is 300 g/mol. The van der Waals surface area contributed by atoms with Crippen molar-refractivity contribution in [2.75, 3.05) is 18.0 Å². The maximum atomic E-state index is 13.1. The standard InChI is InChI=1S/C16H23F3N2/c1-15(2)6-3-8-21(9-7-15)13-5-4-12(11-20)14(10-13)16(17,18)19/h4-5,10H,3,6-9,11,20H2,1-2H3. The number of alkyl halides is 3. The molecule has 0 bridgehead atoms. The van der Waals surface area contributed by atoms with E-state index < -0.39 is 11.7 Å². The zero-order valence-electron chi connectivity index (χ0n) is 12.6. The molecule has 1 aromatic rings. The van der Waals surface area contributed by atoms with Crippen molar-refractivity contribution in [2.24, 2.45) is 11.1 Å². The van der Waals surface area contributed by atoms with Crippen molar-refractivity contribution in [1.29, 1.82) is 0 Å². The van der Waals surface area contributed by atoms with E-state index in [2.05, 4.69) is 18.7 Å². The summed E-state index contributed by atoms with van der Waals surface area (Å²) in [7, 11) is 0. The number of benzene rings is 1. The summed E-state index contributed by atoms with van der Waals surface area (Å²) in [5, 5.41) is 0. The largest absolute Gasteiger partial charge is 0.416 e. The summed E-state index contributed by atoms with van der Waals surface area (Å²) in [4.78, 5) is 2.06. The van der Waals surface area contributed by atoms with Crippen molar-refractivity contribution in [3.8, 4) is 0 Å². The topological polar surface area (TPSA) is 29.3 Å². The molecule has 1 heterocycles. The molecule has 0 radical (unpaired) electrons. The van der Waals surface area contributed by atoms with Crippen LogP contribution in [0.4, 0.5) is 18.9 Å². The molecule has 1 saturated heterocycles. The summed E-state index contributed by atoms with van der Waals surface area (Å²) in [5.74, 6) is 0. The van der Waals surface area contributed by atoms with Gasteiger partial charge in [0.2, 0.25) is 0 Å². The van der Waals surface area contributed by atoms with Crippen LogP contribution in [0.1, 0.15) is 44.2 Å². The minimum Gasteiger partial charge on any atom is -0.372 e. The molecular weight excluding hydrogens is 277 g/mol. The van der Waals surface area contributed by atoms with Gasteiger partial charge in [-0.3, -0.25) is 0 Å². The maximum Gasteiger partial charge on any atom is 0.416 e. The smallest absolute Gasteiger partial charge is 0.372 e. The van der Waals surface area contributed by atoms with Crippen LogP contribution in [-0.4, -0.2) is 13.1 Å².